The topological polar surface area (TPSA) is 67.8 Å². The predicted octanol–water partition coefficient (Wildman–Crippen LogP) is 4.05. The molecular weight excluding hydrogens is 312 g/mol. The number of nitrogens with one attached hydrogen (secondary N) is 1. The lowest BCUT2D eigenvalue weighted by molar-refractivity contribution is 0.102. The molecule has 0 aliphatic heterocycles. The molecule has 5 nitrogen and oxygen atoms in total. The summed E-state index contributed by atoms with van der Waals surface area (Å²) in [6.07, 6.45) is 1.73. The van der Waals surface area contributed by atoms with Gasteiger partial charge in [0.15, 0.2) is 5.65 Å². The zero-order valence-corrected chi connectivity index (χ0v) is 13.9. The van der Waals surface area contributed by atoms with Gasteiger partial charge in [-0.25, -0.2) is 9.97 Å². The zero-order chi connectivity index (χ0) is 17.4. The molecule has 1 amide bonds. The number of pyridine rings is 3. The zero-order valence-electron chi connectivity index (χ0n) is 13.9. The molecule has 3 aromatic heterocycles. The molecule has 0 aliphatic rings. The molecule has 5 heteroatoms. The summed E-state index contributed by atoms with van der Waals surface area (Å²) in [5, 5.41) is 4.76. The smallest absolute Gasteiger partial charge is 0.256 e. The van der Waals surface area contributed by atoms with Crippen LogP contribution in [0.15, 0.2) is 54.7 Å². The molecule has 0 fully saturated rings. The third-order valence-corrected chi connectivity index (χ3v) is 4.11. The average Bonchev–Trinajstić information content (AvgIpc) is 2.60. The molecule has 0 unspecified atom stereocenters. The van der Waals surface area contributed by atoms with Gasteiger partial charge in [-0.05, 0) is 61.9 Å². The van der Waals surface area contributed by atoms with E-state index in [1.165, 1.54) is 0 Å². The highest BCUT2D eigenvalue weighted by molar-refractivity contribution is 6.06. The van der Waals surface area contributed by atoms with Gasteiger partial charge in [0.1, 0.15) is 5.82 Å². The first-order chi connectivity index (χ1) is 12.1. The number of anilines is 1. The minimum absolute atomic E-state index is 0.207. The van der Waals surface area contributed by atoms with E-state index >= 15 is 0 Å². The average molecular weight is 328 g/mol. The minimum Gasteiger partial charge on any atom is -0.306 e. The SMILES string of the molecule is Cc1cc(C)c2ccc(NC(=O)c3ccc4ncccc4c3)nc2n1. The van der Waals surface area contributed by atoms with Crippen molar-refractivity contribution in [3.63, 3.8) is 0 Å². The first-order valence-corrected chi connectivity index (χ1v) is 8.01. The van der Waals surface area contributed by atoms with E-state index < -0.39 is 0 Å². The molecule has 122 valence electrons. The van der Waals surface area contributed by atoms with Crippen LogP contribution in [0.5, 0.6) is 0 Å². The fourth-order valence-corrected chi connectivity index (χ4v) is 2.91. The van der Waals surface area contributed by atoms with Crippen LogP contribution in [0.25, 0.3) is 21.9 Å². The van der Waals surface area contributed by atoms with Crippen molar-refractivity contribution in [2.45, 2.75) is 13.8 Å². The van der Waals surface area contributed by atoms with Crippen LogP contribution in [-0.2, 0) is 0 Å². The summed E-state index contributed by atoms with van der Waals surface area (Å²) in [4.78, 5) is 25.7. The van der Waals surface area contributed by atoms with Crippen molar-refractivity contribution in [3.8, 4) is 0 Å². The molecule has 1 N–H and O–H groups in total. The van der Waals surface area contributed by atoms with Crippen LogP contribution >= 0.6 is 0 Å². The van der Waals surface area contributed by atoms with E-state index in [1.54, 1.807) is 18.3 Å². The van der Waals surface area contributed by atoms with Gasteiger partial charge in [0.05, 0.1) is 5.52 Å². The van der Waals surface area contributed by atoms with Crippen molar-refractivity contribution < 1.29 is 4.79 Å². The van der Waals surface area contributed by atoms with Crippen LogP contribution in [0.2, 0.25) is 0 Å². The van der Waals surface area contributed by atoms with E-state index in [0.29, 0.717) is 17.0 Å². The van der Waals surface area contributed by atoms with Gasteiger partial charge >= 0.3 is 0 Å². The Balaban J connectivity index is 1.66. The molecule has 0 aliphatic carbocycles. The highest BCUT2D eigenvalue weighted by Gasteiger charge is 2.10. The van der Waals surface area contributed by atoms with E-state index in [9.17, 15) is 4.79 Å². The first-order valence-electron chi connectivity index (χ1n) is 8.01. The molecular formula is C20H16N4O. The molecule has 0 radical (unpaired) electrons. The number of benzene rings is 1. The normalized spacial score (nSPS) is 11.0. The molecule has 0 saturated carbocycles. The lowest BCUT2D eigenvalue weighted by Crippen LogP contribution is -2.13. The van der Waals surface area contributed by atoms with Gasteiger partial charge in [0.2, 0.25) is 0 Å². The van der Waals surface area contributed by atoms with Crippen LogP contribution in [0.1, 0.15) is 21.6 Å². The number of hydrogen-bond donors (Lipinski definition) is 1. The summed E-state index contributed by atoms with van der Waals surface area (Å²) in [6.45, 7) is 3.96. The maximum absolute atomic E-state index is 12.5. The van der Waals surface area contributed by atoms with Crippen molar-refractivity contribution >= 4 is 33.7 Å². The number of carbonyl (C=O) groups is 1. The van der Waals surface area contributed by atoms with Gasteiger partial charge < -0.3 is 5.32 Å². The number of amides is 1. The third kappa shape index (κ3) is 2.92. The van der Waals surface area contributed by atoms with E-state index in [4.69, 9.17) is 0 Å². The van der Waals surface area contributed by atoms with Crippen molar-refractivity contribution in [1.29, 1.82) is 0 Å². The second-order valence-electron chi connectivity index (χ2n) is 6.01. The summed E-state index contributed by atoms with van der Waals surface area (Å²) >= 11 is 0. The number of aryl methyl sites for hydroxylation is 2. The number of fused-ring (bicyclic) bond motifs is 2. The first kappa shape index (κ1) is 15.2. The Morgan fingerprint density at radius 1 is 1.00 bits per heavy atom. The second kappa shape index (κ2) is 5.94. The lowest BCUT2D eigenvalue weighted by Gasteiger charge is -2.08. The van der Waals surface area contributed by atoms with Crippen LogP contribution in [0, 0.1) is 13.8 Å². The third-order valence-electron chi connectivity index (χ3n) is 4.11. The summed E-state index contributed by atoms with van der Waals surface area (Å²) in [5.41, 5.74) is 4.09. The Morgan fingerprint density at radius 3 is 2.76 bits per heavy atom. The Labute approximate surface area is 144 Å². The highest BCUT2D eigenvalue weighted by Crippen LogP contribution is 2.19. The number of hydrogen-bond acceptors (Lipinski definition) is 4. The Kier molecular flexibility index (Phi) is 3.61. The monoisotopic (exact) mass is 328 g/mol. The fraction of sp³-hybridized carbons (Fsp3) is 0.100. The Hall–Kier alpha value is -3.34. The summed E-state index contributed by atoms with van der Waals surface area (Å²) in [5.74, 6) is 0.281. The van der Waals surface area contributed by atoms with Crippen LogP contribution in [-0.4, -0.2) is 20.9 Å². The summed E-state index contributed by atoms with van der Waals surface area (Å²) in [6, 6.07) is 15.0. The largest absolute Gasteiger partial charge is 0.306 e. The predicted molar refractivity (Wildman–Crippen MR) is 98.7 cm³/mol. The quantitative estimate of drug-likeness (QED) is 0.603. The molecule has 0 atom stereocenters. The van der Waals surface area contributed by atoms with E-state index in [2.05, 4.69) is 20.3 Å². The van der Waals surface area contributed by atoms with Gasteiger partial charge in [-0.1, -0.05) is 6.07 Å². The maximum Gasteiger partial charge on any atom is 0.256 e. The van der Waals surface area contributed by atoms with Crippen LogP contribution in [0.4, 0.5) is 5.82 Å². The molecule has 0 bridgehead atoms. The molecule has 3 heterocycles. The fourth-order valence-electron chi connectivity index (χ4n) is 2.91. The number of aromatic nitrogens is 3. The molecule has 25 heavy (non-hydrogen) atoms. The molecule has 0 spiro atoms. The maximum atomic E-state index is 12.5. The molecule has 0 saturated heterocycles. The van der Waals surface area contributed by atoms with Gasteiger partial charge in [-0.15, -0.1) is 0 Å². The molecule has 1 aromatic carbocycles. The van der Waals surface area contributed by atoms with Gasteiger partial charge in [0, 0.05) is 28.2 Å². The van der Waals surface area contributed by atoms with Crippen molar-refractivity contribution in [1.82, 2.24) is 15.0 Å². The number of rotatable bonds is 2. The minimum atomic E-state index is -0.207. The van der Waals surface area contributed by atoms with Crippen LogP contribution in [0.3, 0.4) is 0 Å². The van der Waals surface area contributed by atoms with E-state index in [1.807, 2.05) is 50.2 Å². The number of nitrogens with zero attached hydrogens (tertiary/aromatic N) is 3. The highest BCUT2D eigenvalue weighted by atomic mass is 16.1. The number of carbonyl (C=O) groups excluding carboxylic acids is 1. The summed E-state index contributed by atoms with van der Waals surface area (Å²) in [7, 11) is 0. The van der Waals surface area contributed by atoms with Crippen molar-refractivity contribution in [2.24, 2.45) is 0 Å². The standard InChI is InChI=1S/C20H16N4O/c1-12-10-13(2)22-19-16(12)6-8-18(23-19)24-20(25)15-5-7-17-14(11-15)4-3-9-21-17/h3-11H,1-2H3,(H,22,23,24,25). The van der Waals surface area contributed by atoms with Gasteiger partial charge in [0.25, 0.3) is 5.91 Å². The van der Waals surface area contributed by atoms with E-state index in [-0.39, 0.29) is 5.91 Å². The Bertz CT molecular complexity index is 1120. The Morgan fingerprint density at radius 2 is 1.88 bits per heavy atom. The van der Waals surface area contributed by atoms with E-state index in [0.717, 1.165) is 27.5 Å². The van der Waals surface area contributed by atoms with Crippen molar-refractivity contribution in [3.05, 3.63) is 71.5 Å². The second-order valence-corrected chi connectivity index (χ2v) is 6.01. The van der Waals surface area contributed by atoms with Gasteiger partial charge in [-0.3, -0.25) is 9.78 Å². The molecule has 4 aromatic rings. The van der Waals surface area contributed by atoms with Gasteiger partial charge in [-0.2, -0.15) is 0 Å². The lowest BCUT2D eigenvalue weighted by atomic mass is 10.1. The van der Waals surface area contributed by atoms with Crippen molar-refractivity contribution in [2.75, 3.05) is 5.32 Å². The van der Waals surface area contributed by atoms with Crippen LogP contribution < -0.4 is 5.32 Å². The molecule has 4 rings (SSSR count). The summed E-state index contributed by atoms with van der Waals surface area (Å²) < 4.78 is 0.